The first-order valence-electron chi connectivity index (χ1n) is 6.52. The Balaban J connectivity index is 2.00. The van der Waals surface area contributed by atoms with Crippen LogP contribution in [0.5, 0.6) is 0 Å². The maximum atomic E-state index is 11.9. The zero-order valence-electron chi connectivity index (χ0n) is 11.1. The molecule has 4 nitrogen and oxygen atoms in total. The van der Waals surface area contributed by atoms with E-state index in [0.717, 1.165) is 28.9 Å². The highest BCUT2D eigenvalue weighted by molar-refractivity contribution is 9.10. The van der Waals surface area contributed by atoms with E-state index in [2.05, 4.69) is 32.6 Å². The summed E-state index contributed by atoms with van der Waals surface area (Å²) in [6, 6.07) is 9.75. The van der Waals surface area contributed by atoms with Gasteiger partial charge in [-0.3, -0.25) is 4.79 Å². The van der Waals surface area contributed by atoms with Crippen LogP contribution in [0.2, 0.25) is 0 Å². The van der Waals surface area contributed by atoms with Crippen LogP contribution in [0.3, 0.4) is 0 Å². The van der Waals surface area contributed by atoms with Crippen LogP contribution >= 0.6 is 15.9 Å². The lowest BCUT2D eigenvalue weighted by atomic mass is 9.94. The van der Waals surface area contributed by atoms with Crippen molar-refractivity contribution in [3.8, 4) is 0 Å². The second kappa shape index (κ2) is 5.42. The molecule has 3 rings (SSSR count). The van der Waals surface area contributed by atoms with Crippen LogP contribution in [0.15, 0.2) is 39.4 Å². The average Bonchev–Trinajstić information content (AvgIpc) is 2.87. The zero-order chi connectivity index (χ0) is 14.1. The van der Waals surface area contributed by atoms with Crippen LogP contribution < -0.4 is 10.6 Å². The molecule has 0 fully saturated rings. The number of fused-ring (bicyclic) bond motifs is 1. The third-order valence-electron chi connectivity index (χ3n) is 3.56. The highest BCUT2D eigenvalue weighted by Crippen LogP contribution is 2.28. The van der Waals surface area contributed by atoms with Crippen molar-refractivity contribution >= 4 is 21.8 Å². The van der Waals surface area contributed by atoms with Gasteiger partial charge in [-0.15, -0.1) is 0 Å². The number of rotatable bonds is 3. The number of hydrogen-bond donors (Lipinski definition) is 2. The van der Waals surface area contributed by atoms with Crippen molar-refractivity contribution in [1.82, 2.24) is 10.6 Å². The van der Waals surface area contributed by atoms with Crippen LogP contribution in [0.25, 0.3) is 0 Å². The van der Waals surface area contributed by atoms with E-state index in [-0.39, 0.29) is 11.9 Å². The third-order valence-corrected chi connectivity index (χ3v) is 3.99. The van der Waals surface area contributed by atoms with Crippen molar-refractivity contribution in [2.45, 2.75) is 12.5 Å². The number of carbonyl (C=O) groups is 1. The number of carbonyl (C=O) groups excluding carboxylic acids is 1. The molecular formula is C15H15BrN2O2. The van der Waals surface area contributed by atoms with Crippen molar-refractivity contribution in [1.29, 1.82) is 0 Å². The van der Waals surface area contributed by atoms with Crippen molar-refractivity contribution in [3.63, 3.8) is 0 Å². The summed E-state index contributed by atoms with van der Waals surface area (Å²) in [4.78, 5) is 11.9. The minimum atomic E-state index is -0.0682. The van der Waals surface area contributed by atoms with Gasteiger partial charge in [0.1, 0.15) is 5.76 Å². The van der Waals surface area contributed by atoms with E-state index in [0.29, 0.717) is 11.2 Å². The first-order valence-corrected chi connectivity index (χ1v) is 7.32. The second-order valence-electron chi connectivity index (χ2n) is 4.79. The molecule has 2 aromatic rings. The zero-order valence-corrected chi connectivity index (χ0v) is 12.7. The maximum Gasteiger partial charge on any atom is 0.251 e. The molecule has 0 saturated heterocycles. The van der Waals surface area contributed by atoms with E-state index >= 15 is 0 Å². The molecule has 20 heavy (non-hydrogen) atoms. The van der Waals surface area contributed by atoms with Crippen LogP contribution in [0.4, 0.5) is 0 Å². The monoisotopic (exact) mass is 334 g/mol. The van der Waals surface area contributed by atoms with Gasteiger partial charge < -0.3 is 15.1 Å². The van der Waals surface area contributed by atoms with E-state index < -0.39 is 0 Å². The fraction of sp³-hybridized carbons (Fsp3) is 0.267. The molecule has 1 aromatic heterocycles. The second-order valence-corrected chi connectivity index (χ2v) is 5.57. The molecule has 2 heterocycles. The van der Waals surface area contributed by atoms with Gasteiger partial charge in [0, 0.05) is 12.1 Å². The third kappa shape index (κ3) is 2.39. The smallest absolute Gasteiger partial charge is 0.251 e. The average molecular weight is 335 g/mol. The minimum Gasteiger partial charge on any atom is -0.452 e. The van der Waals surface area contributed by atoms with Gasteiger partial charge in [0.15, 0.2) is 4.67 Å². The van der Waals surface area contributed by atoms with Gasteiger partial charge in [0.05, 0.1) is 6.04 Å². The fourth-order valence-electron chi connectivity index (χ4n) is 2.57. The highest BCUT2D eigenvalue weighted by Gasteiger charge is 2.21. The summed E-state index contributed by atoms with van der Waals surface area (Å²) in [5, 5.41) is 6.10. The van der Waals surface area contributed by atoms with E-state index in [1.807, 2.05) is 31.3 Å². The van der Waals surface area contributed by atoms with Gasteiger partial charge in [0.25, 0.3) is 5.91 Å². The molecule has 0 spiro atoms. The lowest BCUT2D eigenvalue weighted by Gasteiger charge is -2.20. The molecule has 1 amide bonds. The standard InChI is InChI=1S/C15H15BrN2O2/c1-17-14(12-4-5-13(16)20-12)10-3-2-9-6-7-18-15(19)11(9)8-10/h2-5,8,14,17H,6-7H2,1H3,(H,18,19). The molecule has 1 aliphatic rings. The summed E-state index contributed by atoms with van der Waals surface area (Å²) >= 11 is 3.31. The van der Waals surface area contributed by atoms with Crippen molar-refractivity contribution in [2.75, 3.05) is 13.6 Å². The quantitative estimate of drug-likeness (QED) is 0.907. The summed E-state index contributed by atoms with van der Waals surface area (Å²) in [6.45, 7) is 0.714. The van der Waals surface area contributed by atoms with E-state index in [4.69, 9.17) is 4.42 Å². The number of furan rings is 1. The van der Waals surface area contributed by atoms with Crippen LogP contribution in [0, 0.1) is 0 Å². The Morgan fingerprint density at radius 2 is 2.20 bits per heavy atom. The molecule has 104 valence electrons. The Morgan fingerprint density at radius 1 is 1.35 bits per heavy atom. The predicted octanol–water partition coefficient (Wildman–Crippen LogP) is 2.64. The van der Waals surface area contributed by atoms with Crippen LogP contribution in [-0.2, 0) is 6.42 Å². The molecule has 0 radical (unpaired) electrons. The number of hydrogen-bond acceptors (Lipinski definition) is 3. The van der Waals surface area contributed by atoms with Gasteiger partial charge in [-0.1, -0.05) is 12.1 Å². The van der Waals surface area contributed by atoms with Gasteiger partial charge in [-0.25, -0.2) is 0 Å². The number of amides is 1. The van der Waals surface area contributed by atoms with Gasteiger partial charge in [-0.2, -0.15) is 0 Å². The maximum absolute atomic E-state index is 11.9. The number of benzene rings is 1. The highest BCUT2D eigenvalue weighted by atomic mass is 79.9. The first-order chi connectivity index (χ1) is 9.69. The molecule has 0 aliphatic carbocycles. The van der Waals surface area contributed by atoms with Gasteiger partial charge in [-0.05, 0) is 58.7 Å². The normalized spacial score (nSPS) is 15.6. The van der Waals surface area contributed by atoms with E-state index in [9.17, 15) is 4.79 Å². The van der Waals surface area contributed by atoms with Gasteiger partial charge >= 0.3 is 0 Å². The lowest BCUT2D eigenvalue weighted by molar-refractivity contribution is 0.0946. The largest absolute Gasteiger partial charge is 0.452 e. The molecular weight excluding hydrogens is 320 g/mol. The van der Waals surface area contributed by atoms with Crippen molar-refractivity contribution < 1.29 is 9.21 Å². The van der Waals surface area contributed by atoms with Crippen molar-refractivity contribution in [2.24, 2.45) is 0 Å². The Labute approximate surface area is 125 Å². The van der Waals surface area contributed by atoms with Crippen LogP contribution in [-0.4, -0.2) is 19.5 Å². The van der Waals surface area contributed by atoms with E-state index in [1.165, 1.54) is 0 Å². The minimum absolute atomic E-state index is 0.00331. The Hall–Kier alpha value is -1.59. The fourth-order valence-corrected chi connectivity index (χ4v) is 2.88. The lowest BCUT2D eigenvalue weighted by Crippen LogP contribution is -2.32. The molecule has 1 unspecified atom stereocenters. The summed E-state index contributed by atoms with van der Waals surface area (Å²) in [7, 11) is 1.88. The molecule has 2 N–H and O–H groups in total. The number of nitrogens with one attached hydrogen (secondary N) is 2. The molecule has 1 aromatic carbocycles. The molecule has 0 bridgehead atoms. The Kier molecular flexibility index (Phi) is 3.63. The summed E-state index contributed by atoms with van der Waals surface area (Å²) in [5.41, 5.74) is 2.89. The molecule has 5 heteroatoms. The summed E-state index contributed by atoms with van der Waals surface area (Å²) in [6.07, 6.45) is 0.887. The van der Waals surface area contributed by atoms with Gasteiger partial charge in [0.2, 0.25) is 0 Å². The predicted molar refractivity (Wildman–Crippen MR) is 79.8 cm³/mol. The Bertz CT molecular complexity index is 651. The number of halogens is 1. The molecule has 0 saturated carbocycles. The molecule has 1 atom stereocenters. The summed E-state index contributed by atoms with van der Waals surface area (Å²) < 4.78 is 6.31. The topological polar surface area (TPSA) is 54.3 Å². The SMILES string of the molecule is CNC(c1ccc2c(c1)C(=O)NCC2)c1ccc(Br)o1. The van der Waals surface area contributed by atoms with Crippen LogP contribution in [0.1, 0.15) is 33.3 Å². The molecule has 1 aliphatic heterocycles. The Morgan fingerprint density at radius 3 is 2.90 bits per heavy atom. The van der Waals surface area contributed by atoms with E-state index in [1.54, 1.807) is 0 Å². The van der Waals surface area contributed by atoms with Crippen molar-refractivity contribution in [3.05, 3.63) is 57.5 Å². The first kappa shape index (κ1) is 13.4. The summed E-state index contributed by atoms with van der Waals surface area (Å²) in [5.74, 6) is 0.819.